The molecule has 2 rings (SSSR count). The van der Waals surface area contributed by atoms with Crippen LogP contribution in [0.4, 0.5) is 5.69 Å². The smallest absolute Gasteiger partial charge is 0.223 e. The number of hydrazone groups is 1. The number of nitriles is 1. The van der Waals surface area contributed by atoms with E-state index in [4.69, 9.17) is 16.9 Å². The van der Waals surface area contributed by atoms with E-state index < -0.39 is 5.78 Å². The minimum atomic E-state index is -0.422. The molecular formula is C17H14ClN3O. The molecule has 0 aliphatic rings. The van der Waals surface area contributed by atoms with Gasteiger partial charge in [0, 0.05) is 10.6 Å². The van der Waals surface area contributed by atoms with Gasteiger partial charge in [0.25, 0.3) is 0 Å². The quantitative estimate of drug-likeness (QED) is 0.524. The van der Waals surface area contributed by atoms with Crippen LogP contribution in [0, 0.1) is 25.2 Å². The average molecular weight is 312 g/mol. The fraction of sp³-hybridized carbons (Fsp3) is 0.118. The van der Waals surface area contributed by atoms with Gasteiger partial charge in [0.05, 0.1) is 5.69 Å². The van der Waals surface area contributed by atoms with Gasteiger partial charge in [-0.1, -0.05) is 47.5 Å². The molecule has 0 spiro atoms. The highest BCUT2D eigenvalue weighted by Crippen LogP contribution is 2.22. The van der Waals surface area contributed by atoms with Crippen LogP contribution in [-0.4, -0.2) is 11.5 Å². The Kier molecular flexibility index (Phi) is 4.92. The first kappa shape index (κ1) is 15.7. The fourth-order valence-corrected chi connectivity index (χ4v) is 1.99. The SMILES string of the molecule is Cc1ccc(C(=O)C(C#N)=NNc2cccc(Cl)c2C)cc1. The van der Waals surface area contributed by atoms with Gasteiger partial charge in [0.2, 0.25) is 11.5 Å². The molecule has 110 valence electrons. The van der Waals surface area contributed by atoms with Gasteiger partial charge in [0.1, 0.15) is 6.07 Å². The van der Waals surface area contributed by atoms with Gasteiger partial charge >= 0.3 is 0 Å². The number of carbonyl (C=O) groups is 1. The molecule has 0 radical (unpaired) electrons. The van der Waals surface area contributed by atoms with Gasteiger partial charge in [-0.25, -0.2) is 0 Å². The number of halogens is 1. The van der Waals surface area contributed by atoms with Gasteiger partial charge in [0.15, 0.2) is 0 Å². The van der Waals surface area contributed by atoms with Gasteiger partial charge in [-0.2, -0.15) is 10.4 Å². The van der Waals surface area contributed by atoms with E-state index in [9.17, 15) is 4.79 Å². The Balaban J connectivity index is 2.24. The van der Waals surface area contributed by atoms with Crippen molar-refractivity contribution in [3.63, 3.8) is 0 Å². The van der Waals surface area contributed by atoms with Crippen molar-refractivity contribution in [2.45, 2.75) is 13.8 Å². The molecule has 0 aliphatic carbocycles. The summed E-state index contributed by atoms with van der Waals surface area (Å²) >= 11 is 6.02. The second kappa shape index (κ2) is 6.88. The second-order valence-corrected chi connectivity index (χ2v) is 5.20. The molecule has 2 aromatic carbocycles. The molecule has 5 heteroatoms. The van der Waals surface area contributed by atoms with E-state index in [-0.39, 0.29) is 5.71 Å². The fourth-order valence-electron chi connectivity index (χ4n) is 1.81. The summed E-state index contributed by atoms with van der Waals surface area (Å²) in [5, 5.41) is 13.6. The van der Waals surface area contributed by atoms with Crippen LogP contribution < -0.4 is 5.43 Å². The minimum absolute atomic E-state index is 0.205. The minimum Gasteiger partial charge on any atom is -0.286 e. The van der Waals surface area contributed by atoms with Crippen molar-refractivity contribution < 1.29 is 4.79 Å². The number of anilines is 1. The molecule has 0 bridgehead atoms. The normalized spacial score (nSPS) is 10.9. The number of nitrogens with zero attached hydrogens (tertiary/aromatic N) is 2. The maximum atomic E-state index is 12.2. The lowest BCUT2D eigenvalue weighted by molar-refractivity contribution is 0.106. The molecule has 0 amide bonds. The van der Waals surface area contributed by atoms with E-state index in [0.29, 0.717) is 16.3 Å². The van der Waals surface area contributed by atoms with Crippen molar-refractivity contribution in [2.24, 2.45) is 5.10 Å². The molecule has 0 aromatic heterocycles. The highest BCUT2D eigenvalue weighted by atomic mass is 35.5. The van der Waals surface area contributed by atoms with Crippen LogP contribution in [0.25, 0.3) is 0 Å². The Hall–Kier alpha value is -2.64. The molecular weight excluding hydrogens is 298 g/mol. The zero-order valence-electron chi connectivity index (χ0n) is 12.2. The molecule has 0 fully saturated rings. The summed E-state index contributed by atoms with van der Waals surface area (Å²) in [4.78, 5) is 12.2. The summed E-state index contributed by atoms with van der Waals surface area (Å²) in [5.41, 5.74) is 5.44. The number of Topliss-reactive ketones (excluding diaryl/α,β-unsaturated/α-hetero) is 1. The molecule has 0 unspecified atom stereocenters. The summed E-state index contributed by atoms with van der Waals surface area (Å²) in [6.45, 7) is 3.76. The van der Waals surface area contributed by atoms with E-state index in [2.05, 4.69) is 10.5 Å². The maximum absolute atomic E-state index is 12.2. The van der Waals surface area contributed by atoms with Crippen LogP contribution in [0.3, 0.4) is 0 Å². The highest BCUT2D eigenvalue weighted by molar-refractivity contribution is 6.51. The largest absolute Gasteiger partial charge is 0.286 e. The lowest BCUT2D eigenvalue weighted by Crippen LogP contribution is -2.14. The molecule has 0 atom stereocenters. The van der Waals surface area contributed by atoms with E-state index >= 15 is 0 Å². The summed E-state index contributed by atoms with van der Waals surface area (Å²) in [6.07, 6.45) is 0. The molecule has 22 heavy (non-hydrogen) atoms. The first-order chi connectivity index (χ1) is 10.5. The molecule has 0 aliphatic heterocycles. The number of rotatable bonds is 4. The first-order valence-electron chi connectivity index (χ1n) is 6.63. The second-order valence-electron chi connectivity index (χ2n) is 4.79. The molecule has 0 heterocycles. The van der Waals surface area contributed by atoms with Crippen LogP contribution >= 0.6 is 11.6 Å². The third-order valence-corrected chi connectivity index (χ3v) is 3.60. The molecule has 4 nitrogen and oxygen atoms in total. The van der Waals surface area contributed by atoms with Crippen molar-refractivity contribution in [1.29, 1.82) is 5.26 Å². The van der Waals surface area contributed by atoms with Crippen molar-refractivity contribution >= 4 is 28.8 Å². The van der Waals surface area contributed by atoms with Crippen molar-refractivity contribution in [3.05, 3.63) is 64.2 Å². The van der Waals surface area contributed by atoms with E-state index in [0.717, 1.165) is 11.1 Å². The molecule has 0 saturated heterocycles. The lowest BCUT2D eigenvalue weighted by atomic mass is 10.1. The van der Waals surface area contributed by atoms with Crippen molar-refractivity contribution in [3.8, 4) is 6.07 Å². The number of aryl methyl sites for hydroxylation is 1. The maximum Gasteiger partial charge on any atom is 0.223 e. The number of ketones is 1. The van der Waals surface area contributed by atoms with E-state index in [1.165, 1.54) is 0 Å². The van der Waals surface area contributed by atoms with Crippen LogP contribution in [0.5, 0.6) is 0 Å². The Morgan fingerprint density at radius 1 is 1.18 bits per heavy atom. The summed E-state index contributed by atoms with van der Waals surface area (Å²) in [7, 11) is 0. The molecule has 0 saturated carbocycles. The number of hydrogen-bond acceptors (Lipinski definition) is 4. The Morgan fingerprint density at radius 3 is 2.50 bits per heavy atom. The predicted octanol–water partition coefficient (Wildman–Crippen LogP) is 4.13. The average Bonchev–Trinajstić information content (AvgIpc) is 2.52. The highest BCUT2D eigenvalue weighted by Gasteiger charge is 2.14. The number of nitrogens with one attached hydrogen (secondary N) is 1. The van der Waals surface area contributed by atoms with Crippen molar-refractivity contribution in [2.75, 3.05) is 5.43 Å². The van der Waals surface area contributed by atoms with Crippen molar-refractivity contribution in [1.82, 2.24) is 0 Å². The van der Waals surface area contributed by atoms with Gasteiger partial charge in [-0.15, -0.1) is 0 Å². The monoisotopic (exact) mass is 311 g/mol. The van der Waals surface area contributed by atoms with Crippen LogP contribution in [0.2, 0.25) is 5.02 Å². The molecule has 1 N–H and O–H groups in total. The zero-order chi connectivity index (χ0) is 16.1. The third-order valence-electron chi connectivity index (χ3n) is 3.19. The summed E-state index contributed by atoms with van der Waals surface area (Å²) in [6, 6.07) is 14.1. The van der Waals surface area contributed by atoms with E-state index in [1.807, 2.05) is 32.0 Å². The summed E-state index contributed by atoms with van der Waals surface area (Å²) in [5.74, 6) is -0.422. The standard InChI is InChI=1S/C17H14ClN3O/c1-11-6-8-13(9-7-11)17(22)16(10-19)21-20-15-5-3-4-14(18)12(15)2/h3-9,20H,1-2H3. The van der Waals surface area contributed by atoms with Gasteiger partial charge < -0.3 is 0 Å². The molecule has 2 aromatic rings. The predicted molar refractivity (Wildman–Crippen MR) is 88.4 cm³/mol. The number of benzene rings is 2. The van der Waals surface area contributed by atoms with Crippen LogP contribution in [0.15, 0.2) is 47.6 Å². The third kappa shape index (κ3) is 3.51. The topological polar surface area (TPSA) is 65.2 Å². The zero-order valence-corrected chi connectivity index (χ0v) is 13.0. The van der Waals surface area contributed by atoms with Gasteiger partial charge in [-0.05, 0) is 31.5 Å². The van der Waals surface area contributed by atoms with Crippen LogP contribution in [-0.2, 0) is 0 Å². The Labute approximate surface area is 134 Å². The van der Waals surface area contributed by atoms with Crippen LogP contribution in [0.1, 0.15) is 21.5 Å². The number of carbonyl (C=O) groups excluding carboxylic acids is 1. The summed E-state index contributed by atoms with van der Waals surface area (Å²) < 4.78 is 0. The van der Waals surface area contributed by atoms with E-state index in [1.54, 1.807) is 30.3 Å². The lowest BCUT2D eigenvalue weighted by Gasteiger charge is -2.06. The number of hydrogen-bond donors (Lipinski definition) is 1. The van der Waals surface area contributed by atoms with Gasteiger partial charge in [-0.3, -0.25) is 10.2 Å². The Morgan fingerprint density at radius 2 is 1.86 bits per heavy atom. The Bertz CT molecular complexity index is 773. The first-order valence-corrected chi connectivity index (χ1v) is 7.01.